The van der Waals surface area contributed by atoms with Crippen LogP contribution in [-0.4, -0.2) is 30.8 Å². The molecule has 2 heterocycles. The van der Waals surface area contributed by atoms with Crippen LogP contribution in [0.2, 0.25) is 0 Å². The Labute approximate surface area is 178 Å². The lowest BCUT2D eigenvalue weighted by Gasteiger charge is -2.15. The van der Waals surface area contributed by atoms with Gasteiger partial charge >= 0.3 is 5.69 Å². The fourth-order valence-corrected chi connectivity index (χ4v) is 3.81. The maximum atomic E-state index is 12.9. The van der Waals surface area contributed by atoms with E-state index in [0.717, 1.165) is 11.0 Å². The normalized spacial score (nSPS) is 11.2. The van der Waals surface area contributed by atoms with Crippen molar-refractivity contribution in [1.29, 1.82) is 0 Å². The average Bonchev–Trinajstić information content (AvgIpc) is 2.73. The first-order valence-corrected chi connectivity index (χ1v) is 10.8. The number of nitrogens with one attached hydrogen (secondary N) is 1. The van der Waals surface area contributed by atoms with Gasteiger partial charge in [0.1, 0.15) is 16.2 Å². The van der Waals surface area contributed by atoms with E-state index in [9.17, 15) is 14.4 Å². The summed E-state index contributed by atoms with van der Waals surface area (Å²) < 4.78 is 2.59. The van der Waals surface area contributed by atoms with Gasteiger partial charge in [0.05, 0.1) is 5.75 Å². The first kappa shape index (κ1) is 21.8. The van der Waals surface area contributed by atoms with E-state index in [1.165, 1.54) is 23.4 Å². The van der Waals surface area contributed by atoms with Crippen LogP contribution >= 0.6 is 11.8 Å². The fraction of sp³-hybridized carbons (Fsp3) is 0.381. The minimum Gasteiger partial charge on any atom is -0.325 e. The van der Waals surface area contributed by atoms with Gasteiger partial charge in [-0.1, -0.05) is 50.7 Å². The highest BCUT2D eigenvalue weighted by Crippen LogP contribution is 2.25. The molecule has 0 aliphatic carbocycles. The Balaban J connectivity index is 2.05. The van der Waals surface area contributed by atoms with Crippen LogP contribution in [0, 0.1) is 0 Å². The molecule has 0 aliphatic rings. The molecule has 1 amide bonds. The number of anilines is 1. The Morgan fingerprint density at radius 1 is 1.17 bits per heavy atom. The van der Waals surface area contributed by atoms with Crippen LogP contribution < -0.4 is 16.6 Å². The molecule has 0 radical (unpaired) electrons. The van der Waals surface area contributed by atoms with E-state index in [4.69, 9.17) is 0 Å². The summed E-state index contributed by atoms with van der Waals surface area (Å²) >= 11 is 1.17. The van der Waals surface area contributed by atoms with Crippen LogP contribution in [0.1, 0.15) is 38.9 Å². The maximum Gasteiger partial charge on any atom is 0.332 e. The molecule has 2 aromatic heterocycles. The van der Waals surface area contributed by atoms with Crippen LogP contribution in [-0.2, 0) is 18.4 Å². The number of fused-ring (bicyclic) bond motifs is 1. The van der Waals surface area contributed by atoms with Crippen LogP contribution in [0.4, 0.5) is 5.69 Å². The highest BCUT2D eigenvalue weighted by Gasteiger charge is 2.20. The smallest absolute Gasteiger partial charge is 0.325 e. The summed E-state index contributed by atoms with van der Waals surface area (Å²) in [7, 11) is 1.45. The third-order valence-corrected chi connectivity index (χ3v) is 5.50. The van der Waals surface area contributed by atoms with Crippen LogP contribution in [0.3, 0.4) is 0 Å². The fourth-order valence-electron chi connectivity index (χ4n) is 2.99. The molecule has 1 aromatic carbocycles. The summed E-state index contributed by atoms with van der Waals surface area (Å²) in [5.41, 5.74) is 0.171. The van der Waals surface area contributed by atoms with Gasteiger partial charge in [-0.2, -0.15) is 0 Å². The van der Waals surface area contributed by atoms with E-state index in [-0.39, 0.29) is 23.0 Å². The summed E-state index contributed by atoms with van der Waals surface area (Å²) in [5.74, 6) is 0.407. The quantitative estimate of drug-likeness (QED) is 0.460. The number of amides is 1. The van der Waals surface area contributed by atoms with Gasteiger partial charge in [-0.3, -0.25) is 18.7 Å². The highest BCUT2D eigenvalue weighted by atomic mass is 32.2. The zero-order valence-electron chi connectivity index (χ0n) is 17.5. The van der Waals surface area contributed by atoms with Gasteiger partial charge in [-0.15, -0.1) is 0 Å². The van der Waals surface area contributed by atoms with Crippen molar-refractivity contribution in [2.24, 2.45) is 7.05 Å². The summed E-state index contributed by atoms with van der Waals surface area (Å²) in [6.45, 7) is 6.29. The lowest BCUT2D eigenvalue weighted by molar-refractivity contribution is -0.113. The van der Waals surface area contributed by atoms with Gasteiger partial charge in [-0.25, -0.2) is 14.8 Å². The van der Waals surface area contributed by atoms with Crippen LogP contribution in [0.5, 0.6) is 0 Å². The van der Waals surface area contributed by atoms with Gasteiger partial charge in [0.25, 0.3) is 5.56 Å². The van der Waals surface area contributed by atoms with Crippen molar-refractivity contribution in [3.8, 4) is 0 Å². The second-order valence-electron chi connectivity index (χ2n) is 7.24. The topological polar surface area (TPSA) is 98.9 Å². The molecule has 0 saturated carbocycles. The zero-order chi connectivity index (χ0) is 21.8. The Morgan fingerprint density at radius 3 is 2.50 bits per heavy atom. The number of benzene rings is 1. The third-order valence-electron chi connectivity index (χ3n) is 4.53. The minimum atomic E-state index is -0.455. The molecule has 1 N–H and O–H groups in total. The molecule has 0 aliphatic heterocycles. The molecule has 0 fully saturated rings. The molecule has 0 spiro atoms. The molecule has 30 heavy (non-hydrogen) atoms. The summed E-state index contributed by atoms with van der Waals surface area (Å²) in [5, 5.41) is 3.51. The molecule has 158 valence electrons. The Hall–Kier alpha value is -2.94. The van der Waals surface area contributed by atoms with Gasteiger partial charge in [0.2, 0.25) is 5.91 Å². The average molecular weight is 428 g/mol. The molecule has 3 rings (SSSR count). The number of rotatable bonds is 7. The van der Waals surface area contributed by atoms with Crippen molar-refractivity contribution < 1.29 is 4.79 Å². The van der Waals surface area contributed by atoms with Crippen LogP contribution in [0.25, 0.3) is 11.0 Å². The van der Waals surface area contributed by atoms with Crippen molar-refractivity contribution in [2.45, 2.75) is 44.7 Å². The van der Waals surface area contributed by atoms with E-state index >= 15 is 0 Å². The molecule has 0 saturated heterocycles. The molecule has 0 unspecified atom stereocenters. The van der Waals surface area contributed by atoms with E-state index in [2.05, 4.69) is 15.3 Å². The number of aryl methyl sites for hydroxylation is 1. The number of nitrogens with zero attached hydrogens (tertiary/aromatic N) is 4. The summed E-state index contributed by atoms with van der Waals surface area (Å²) in [6, 6.07) is 9.16. The van der Waals surface area contributed by atoms with E-state index in [0.29, 0.717) is 28.7 Å². The third kappa shape index (κ3) is 4.46. The van der Waals surface area contributed by atoms with Gasteiger partial charge < -0.3 is 5.32 Å². The van der Waals surface area contributed by atoms with Gasteiger partial charge in [0.15, 0.2) is 5.65 Å². The van der Waals surface area contributed by atoms with Crippen molar-refractivity contribution >= 4 is 34.4 Å². The lowest BCUT2D eigenvalue weighted by Crippen LogP contribution is -2.39. The maximum absolute atomic E-state index is 12.9. The molecule has 9 heteroatoms. The Kier molecular flexibility index (Phi) is 6.71. The second kappa shape index (κ2) is 9.25. The second-order valence-corrected chi connectivity index (χ2v) is 8.21. The number of hydrogen-bond acceptors (Lipinski definition) is 6. The van der Waals surface area contributed by atoms with Crippen molar-refractivity contribution in [3.63, 3.8) is 0 Å². The SMILES string of the molecule is CCCn1c(=O)n(C)c(=O)c2c(SCC(=O)Nc3ccccc3)nc(C(C)C)nc21. The monoisotopic (exact) mass is 427 g/mol. The first-order valence-electron chi connectivity index (χ1n) is 9.82. The molecule has 3 aromatic rings. The van der Waals surface area contributed by atoms with E-state index < -0.39 is 11.2 Å². The number of aromatic nitrogens is 4. The summed E-state index contributed by atoms with van der Waals surface area (Å²) in [4.78, 5) is 47.0. The van der Waals surface area contributed by atoms with Gasteiger partial charge in [0, 0.05) is 25.2 Å². The van der Waals surface area contributed by atoms with Crippen molar-refractivity contribution in [2.75, 3.05) is 11.1 Å². The standard InChI is InChI=1S/C21H25N5O3S/c1-5-11-26-18-16(20(28)25(4)21(26)29)19(24-17(23-18)13(2)3)30-12-15(27)22-14-9-7-6-8-10-14/h6-10,13H,5,11-12H2,1-4H3,(H,22,27). The largest absolute Gasteiger partial charge is 0.332 e. The number of carbonyl (C=O) groups is 1. The Morgan fingerprint density at radius 2 is 1.87 bits per heavy atom. The zero-order valence-corrected chi connectivity index (χ0v) is 18.3. The number of hydrogen-bond donors (Lipinski definition) is 1. The van der Waals surface area contributed by atoms with E-state index in [1.54, 1.807) is 12.1 Å². The summed E-state index contributed by atoms with van der Waals surface area (Å²) in [6.07, 6.45) is 0.718. The minimum absolute atomic E-state index is 0.00105. The molecule has 0 bridgehead atoms. The number of carbonyl (C=O) groups excluding carboxylic acids is 1. The highest BCUT2D eigenvalue weighted by molar-refractivity contribution is 8.00. The Bertz CT molecular complexity index is 1190. The predicted molar refractivity (Wildman–Crippen MR) is 119 cm³/mol. The number of thioether (sulfide) groups is 1. The molecular formula is C21H25N5O3S. The van der Waals surface area contributed by atoms with Crippen LogP contribution in [0.15, 0.2) is 44.9 Å². The number of para-hydroxylation sites is 1. The first-order chi connectivity index (χ1) is 14.3. The van der Waals surface area contributed by atoms with E-state index in [1.807, 2.05) is 39.0 Å². The predicted octanol–water partition coefficient (Wildman–Crippen LogP) is 2.75. The lowest BCUT2D eigenvalue weighted by atomic mass is 10.2. The molecule has 0 atom stereocenters. The molecular weight excluding hydrogens is 402 g/mol. The molecule has 8 nitrogen and oxygen atoms in total. The van der Waals surface area contributed by atoms with Gasteiger partial charge in [-0.05, 0) is 18.6 Å². The van der Waals surface area contributed by atoms with Crippen molar-refractivity contribution in [1.82, 2.24) is 19.1 Å². The van der Waals surface area contributed by atoms with Crippen molar-refractivity contribution in [3.05, 3.63) is 57.0 Å².